The van der Waals surface area contributed by atoms with Crippen molar-refractivity contribution < 1.29 is 9.47 Å². The predicted octanol–water partition coefficient (Wildman–Crippen LogP) is 3.49. The summed E-state index contributed by atoms with van der Waals surface area (Å²) in [6, 6.07) is 8.13. The highest BCUT2D eigenvalue weighted by Gasteiger charge is 1.97. The van der Waals surface area contributed by atoms with E-state index in [1.165, 1.54) is 5.56 Å². The summed E-state index contributed by atoms with van der Waals surface area (Å²) in [4.78, 5) is 0. The zero-order valence-corrected chi connectivity index (χ0v) is 13.6. The molecule has 1 rings (SSSR count). The van der Waals surface area contributed by atoms with Crippen molar-refractivity contribution >= 4 is 11.9 Å². The quantitative estimate of drug-likeness (QED) is 0.538. The van der Waals surface area contributed by atoms with Crippen molar-refractivity contribution in [2.75, 3.05) is 40.2 Å². The molecule has 0 aliphatic carbocycles. The van der Waals surface area contributed by atoms with E-state index in [2.05, 4.69) is 29.7 Å². The van der Waals surface area contributed by atoms with E-state index in [0.717, 1.165) is 31.9 Å². The fraction of sp³-hybridized carbons (Fsp3) is 0.600. The lowest BCUT2D eigenvalue weighted by atomic mass is 10.1. The van der Waals surface area contributed by atoms with Crippen LogP contribution >= 0.6 is 11.9 Å². The Morgan fingerprint density at radius 1 is 1.11 bits per heavy atom. The Hall–Kier alpha value is -0.710. The van der Waals surface area contributed by atoms with Gasteiger partial charge < -0.3 is 9.47 Å². The van der Waals surface area contributed by atoms with Crippen molar-refractivity contribution in [3.8, 4) is 5.75 Å². The SMILES string of the molecule is CC.COc1ccc(CCOCCN(C)SC)cc1. The number of hydrogen-bond acceptors (Lipinski definition) is 4. The molecule has 3 nitrogen and oxygen atoms in total. The van der Waals surface area contributed by atoms with Crippen molar-refractivity contribution in [2.45, 2.75) is 20.3 Å². The molecule has 0 amide bonds. The van der Waals surface area contributed by atoms with Gasteiger partial charge in [-0.15, -0.1) is 0 Å². The summed E-state index contributed by atoms with van der Waals surface area (Å²) in [7, 11) is 3.75. The van der Waals surface area contributed by atoms with Crippen LogP contribution in [0.3, 0.4) is 0 Å². The van der Waals surface area contributed by atoms with E-state index >= 15 is 0 Å². The van der Waals surface area contributed by atoms with E-state index in [1.807, 2.05) is 26.0 Å². The molecular weight excluding hydrogens is 258 g/mol. The molecule has 0 N–H and O–H groups in total. The minimum Gasteiger partial charge on any atom is -0.497 e. The molecule has 1 aromatic carbocycles. The highest BCUT2D eigenvalue weighted by Crippen LogP contribution is 2.11. The number of likely N-dealkylation sites (N-methyl/N-ethyl adjacent to an activating group) is 1. The van der Waals surface area contributed by atoms with E-state index in [-0.39, 0.29) is 0 Å². The van der Waals surface area contributed by atoms with Crippen LogP contribution in [0.4, 0.5) is 0 Å². The number of hydrogen-bond donors (Lipinski definition) is 0. The third kappa shape index (κ3) is 8.92. The van der Waals surface area contributed by atoms with Gasteiger partial charge in [-0.3, -0.25) is 4.31 Å². The lowest BCUT2D eigenvalue weighted by Gasteiger charge is -2.12. The third-order valence-electron chi connectivity index (χ3n) is 2.56. The molecule has 0 saturated carbocycles. The van der Waals surface area contributed by atoms with Crippen molar-refractivity contribution in [1.82, 2.24) is 4.31 Å². The number of rotatable bonds is 8. The molecule has 0 spiro atoms. The molecule has 0 heterocycles. The average Bonchev–Trinajstić information content (AvgIpc) is 2.49. The van der Waals surface area contributed by atoms with Crippen LogP contribution in [0.5, 0.6) is 5.75 Å². The normalized spacial score (nSPS) is 10.0. The second-order valence-corrected chi connectivity index (χ2v) is 4.73. The standard InChI is InChI=1S/C13H21NO2S.C2H6/c1-14(17-3)9-11-16-10-8-12-4-6-13(15-2)7-5-12;1-2/h4-7H,8-11H2,1-3H3;1-2H3. The van der Waals surface area contributed by atoms with Gasteiger partial charge in [-0.05, 0) is 37.4 Å². The Bertz CT molecular complexity index is 304. The van der Waals surface area contributed by atoms with Crippen molar-refractivity contribution in [1.29, 1.82) is 0 Å². The summed E-state index contributed by atoms with van der Waals surface area (Å²) >= 11 is 1.72. The van der Waals surface area contributed by atoms with Crippen LogP contribution in [-0.2, 0) is 11.2 Å². The maximum atomic E-state index is 5.58. The molecular formula is C15H27NO2S. The number of methoxy groups -OCH3 is 1. The highest BCUT2D eigenvalue weighted by atomic mass is 32.2. The summed E-state index contributed by atoms with van der Waals surface area (Å²) in [5, 5.41) is 0. The predicted molar refractivity (Wildman–Crippen MR) is 85.0 cm³/mol. The van der Waals surface area contributed by atoms with Gasteiger partial charge in [0.25, 0.3) is 0 Å². The summed E-state index contributed by atoms with van der Waals surface area (Å²) in [5.41, 5.74) is 1.28. The average molecular weight is 285 g/mol. The molecule has 0 atom stereocenters. The van der Waals surface area contributed by atoms with E-state index in [4.69, 9.17) is 9.47 Å². The van der Waals surface area contributed by atoms with Gasteiger partial charge in [-0.1, -0.05) is 37.9 Å². The summed E-state index contributed by atoms with van der Waals surface area (Å²) in [6.45, 7) is 6.52. The molecule has 110 valence electrons. The first-order chi connectivity index (χ1) is 9.26. The Morgan fingerprint density at radius 3 is 2.26 bits per heavy atom. The van der Waals surface area contributed by atoms with Gasteiger partial charge in [0.05, 0.1) is 20.3 Å². The minimum atomic E-state index is 0.772. The topological polar surface area (TPSA) is 21.7 Å². The lowest BCUT2D eigenvalue weighted by Crippen LogP contribution is -2.16. The lowest BCUT2D eigenvalue weighted by molar-refractivity contribution is 0.131. The van der Waals surface area contributed by atoms with Crippen LogP contribution < -0.4 is 4.74 Å². The number of benzene rings is 1. The molecule has 0 aliphatic rings. The van der Waals surface area contributed by atoms with Gasteiger partial charge in [-0.25, -0.2) is 0 Å². The first kappa shape index (κ1) is 18.3. The largest absolute Gasteiger partial charge is 0.497 e. The van der Waals surface area contributed by atoms with Crippen molar-refractivity contribution in [3.63, 3.8) is 0 Å². The molecule has 19 heavy (non-hydrogen) atoms. The monoisotopic (exact) mass is 285 g/mol. The first-order valence-corrected chi connectivity index (χ1v) is 7.90. The fourth-order valence-electron chi connectivity index (χ4n) is 1.37. The van der Waals surface area contributed by atoms with Gasteiger partial charge in [-0.2, -0.15) is 0 Å². The Kier molecular flexibility index (Phi) is 11.9. The maximum absolute atomic E-state index is 5.58. The van der Waals surface area contributed by atoms with E-state index in [1.54, 1.807) is 19.1 Å². The molecule has 0 unspecified atom stereocenters. The van der Waals surface area contributed by atoms with Crippen LogP contribution in [0.2, 0.25) is 0 Å². The summed E-state index contributed by atoms with van der Waals surface area (Å²) in [6.07, 6.45) is 3.02. The van der Waals surface area contributed by atoms with E-state index in [0.29, 0.717) is 0 Å². The second kappa shape index (κ2) is 12.3. The summed E-state index contributed by atoms with van der Waals surface area (Å²) < 4.78 is 12.9. The third-order valence-corrected chi connectivity index (χ3v) is 3.36. The summed E-state index contributed by atoms with van der Waals surface area (Å²) in [5.74, 6) is 0.899. The fourth-order valence-corrected chi connectivity index (χ4v) is 1.63. The van der Waals surface area contributed by atoms with Gasteiger partial charge in [0, 0.05) is 6.54 Å². The van der Waals surface area contributed by atoms with Gasteiger partial charge in [0.15, 0.2) is 0 Å². The molecule has 0 radical (unpaired) electrons. The molecule has 1 aromatic rings. The van der Waals surface area contributed by atoms with Gasteiger partial charge in [0.1, 0.15) is 5.75 Å². The smallest absolute Gasteiger partial charge is 0.118 e. The Balaban J connectivity index is 0.00000154. The first-order valence-electron chi connectivity index (χ1n) is 6.72. The second-order valence-electron chi connectivity index (χ2n) is 3.74. The minimum absolute atomic E-state index is 0.772. The Morgan fingerprint density at radius 2 is 1.74 bits per heavy atom. The van der Waals surface area contributed by atoms with Crippen LogP contribution in [0.15, 0.2) is 24.3 Å². The maximum Gasteiger partial charge on any atom is 0.118 e. The highest BCUT2D eigenvalue weighted by molar-refractivity contribution is 7.96. The van der Waals surface area contributed by atoms with E-state index in [9.17, 15) is 0 Å². The van der Waals surface area contributed by atoms with E-state index < -0.39 is 0 Å². The van der Waals surface area contributed by atoms with Crippen LogP contribution in [0, 0.1) is 0 Å². The molecule has 4 heteroatoms. The molecule has 0 aliphatic heterocycles. The van der Waals surface area contributed by atoms with Gasteiger partial charge in [0.2, 0.25) is 0 Å². The van der Waals surface area contributed by atoms with Crippen molar-refractivity contribution in [3.05, 3.63) is 29.8 Å². The van der Waals surface area contributed by atoms with Crippen LogP contribution in [-0.4, -0.2) is 44.5 Å². The zero-order chi connectivity index (χ0) is 14.5. The number of ether oxygens (including phenoxy) is 2. The van der Waals surface area contributed by atoms with Crippen LogP contribution in [0.1, 0.15) is 19.4 Å². The molecule has 0 aromatic heterocycles. The Labute approximate surface area is 122 Å². The number of nitrogens with zero attached hydrogens (tertiary/aromatic N) is 1. The molecule has 0 fully saturated rings. The molecule has 0 bridgehead atoms. The van der Waals surface area contributed by atoms with Crippen LogP contribution in [0.25, 0.3) is 0 Å². The van der Waals surface area contributed by atoms with Gasteiger partial charge >= 0.3 is 0 Å². The molecule has 0 saturated heterocycles. The van der Waals surface area contributed by atoms with Crippen molar-refractivity contribution in [2.24, 2.45) is 0 Å². The zero-order valence-electron chi connectivity index (χ0n) is 12.8.